The number of nitro groups is 1. The molecule has 0 bridgehead atoms. The molecule has 0 spiro atoms. The Morgan fingerprint density at radius 1 is 1.42 bits per heavy atom. The van der Waals surface area contributed by atoms with E-state index in [0.717, 1.165) is 0 Å². The van der Waals surface area contributed by atoms with E-state index >= 15 is 0 Å². The summed E-state index contributed by atoms with van der Waals surface area (Å²) in [4.78, 5) is 9.74. The van der Waals surface area contributed by atoms with Crippen LogP contribution in [0.4, 0.5) is 5.69 Å². The molecule has 4 nitrogen and oxygen atoms in total. The number of nitrogens with zero attached hydrogens (tertiary/aromatic N) is 1. The number of halogens is 1. The van der Waals surface area contributed by atoms with E-state index in [1.54, 1.807) is 0 Å². The van der Waals surface area contributed by atoms with Gasteiger partial charge in [-0.2, -0.15) is 0 Å². The van der Waals surface area contributed by atoms with Crippen LogP contribution in [-0.2, 0) is 0 Å². The van der Waals surface area contributed by atoms with Crippen molar-refractivity contribution in [3.05, 3.63) is 34.4 Å². The highest BCUT2D eigenvalue weighted by Gasteiger charge is 2.03. The van der Waals surface area contributed by atoms with Gasteiger partial charge in [0.15, 0.2) is 6.07 Å². The number of rotatable bonds is 3. The van der Waals surface area contributed by atoms with Crippen molar-refractivity contribution in [3.8, 4) is 5.75 Å². The quantitative estimate of drug-likeness (QED) is 0.414. The molecule has 0 saturated carbocycles. The molecule has 0 amide bonds. The third-order valence-corrected chi connectivity index (χ3v) is 1.38. The van der Waals surface area contributed by atoms with Gasteiger partial charge < -0.3 is 4.74 Å². The van der Waals surface area contributed by atoms with Gasteiger partial charge in [0.2, 0.25) is 0 Å². The van der Waals surface area contributed by atoms with Crippen molar-refractivity contribution < 1.29 is 9.66 Å². The second-order valence-corrected chi connectivity index (χ2v) is 2.22. The van der Waals surface area contributed by atoms with E-state index in [9.17, 15) is 10.1 Å². The van der Waals surface area contributed by atoms with Crippen molar-refractivity contribution in [1.29, 1.82) is 0 Å². The average molecular weight is 188 g/mol. The third kappa shape index (κ3) is 2.10. The number of hydrogen-bond acceptors (Lipinski definition) is 3. The summed E-state index contributed by atoms with van der Waals surface area (Å²) in [5.74, 6) is 0.524. The minimum atomic E-state index is -0.468. The highest BCUT2D eigenvalue weighted by Crippen LogP contribution is 2.17. The zero-order valence-electron chi connectivity index (χ0n) is 6.07. The molecule has 0 aliphatic heterocycles. The Labute approximate surface area is 73.9 Å². The maximum absolute atomic E-state index is 10.2. The standard InChI is InChI=1S/C7H6ClNO3/c8-5-12-7-3-1-6(2-4-7)9(10)11/h1-4H,5H2. The lowest BCUT2D eigenvalue weighted by molar-refractivity contribution is -0.384. The van der Waals surface area contributed by atoms with Gasteiger partial charge in [0.1, 0.15) is 5.75 Å². The van der Waals surface area contributed by atoms with Gasteiger partial charge in [-0.15, -0.1) is 0 Å². The Morgan fingerprint density at radius 2 is 2.00 bits per heavy atom. The predicted octanol–water partition coefficient (Wildman–Crippen LogP) is 2.17. The molecule has 1 rings (SSSR count). The summed E-state index contributed by atoms with van der Waals surface area (Å²) in [7, 11) is 0. The van der Waals surface area contributed by atoms with E-state index < -0.39 is 4.92 Å². The number of non-ortho nitro benzene ring substituents is 1. The van der Waals surface area contributed by atoms with Crippen LogP contribution >= 0.6 is 11.6 Å². The van der Waals surface area contributed by atoms with Crippen molar-refractivity contribution in [2.45, 2.75) is 0 Å². The molecular weight excluding hydrogens is 182 g/mol. The highest BCUT2D eigenvalue weighted by molar-refractivity contribution is 6.17. The van der Waals surface area contributed by atoms with Gasteiger partial charge in [-0.05, 0) is 12.1 Å². The number of nitro benzene ring substituents is 1. The molecule has 0 atom stereocenters. The van der Waals surface area contributed by atoms with Crippen molar-refractivity contribution in [1.82, 2.24) is 0 Å². The van der Waals surface area contributed by atoms with Crippen LogP contribution in [-0.4, -0.2) is 11.0 Å². The van der Waals surface area contributed by atoms with Gasteiger partial charge >= 0.3 is 0 Å². The molecule has 0 radical (unpaired) electrons. The van der Waals surface area contributed by atoms with Gasteiger partial charge in [0.05, 0.1) is 4.92 Å². The maximum atomic E-state index is 10.2. The first kappa shape index (κ1) is 8.80. The maximum Gasteiger partial charge on any atom is 0.269 e. The molecule has 0 N–H and O–H groups in total. The monoisotopic (exact) mass is 187 g/mol. The topological polar surface area (TPSA) is 52.4 Å². The predicted molar refractivity (Wildman–Crippen MR) is 44.4 cm³/mol. The van der Waals surface area contributed by atoms with Crippen LogP contribution in [0.3, 0.4) is 0 Å². The van der Waals surface area contributed by atoms with Crippen LogP contribution in [0.1, 0.15) is 0 Å². The number of hydrogen-bond donors (Lipinski definition) is 0. The van der Waals surface area contributed by atoms with Crippen LogP contribution in [0, 0.1) is 10.1 Å². The smallest absolute Gasteiger partial charge is 0.269 e. The second-order valence-electron chi connectivity index (χ2n) is 2.00. The first-order chi connectivity index (χ1) is 5.74. The number of benzene rings is 1. The SMILES string of the molecule is O=[N+]([O-])c1ccc(OCCl)cc1. The van der Waals surface area contributed by atoms with Gasteiger partial charge in [0.25, 0.3) is 5.69 Å². The molecule has 64 valence electrons. The van der Waals surface area contributed by atoms with E-state index in [0.29, 0.717) is 5.75 Å². The first-order valence-corrected chi connectivity index (χ1v) is 3.70. The Hall–Kier alpha value is -1.29. The Kier molecular flexibility index (Phi) is 2.88. The second kappa shape index (κ2) is 3.92. The highest BCUT2D eigenvalue weighted by atomic mass is 35.5. The molecule has 12 heavy (non-hydrogen) atoms. The lowest BCUT2D eigenvalue weighted by Gasteiger charge is -1.99. The van der Waals surface area contributed by atoms with E-state index in [2.05, 4.69) is 0 Å². The molecule has 0 aliphatic rings. The molecular formula is C7H6ClNO3. The molecule has 1 aromatic carbocycles. The van der Waals surface area contributed by atoms with Crippen molar-refractivity contribution in [3.63, 3.8) is 0 Å². The fraction of sp³-hybridized carbons (Fsp3) is 0.143. The van der Waals surface area contributed by atoms with Crippen LogP contribution in [0.25, 0.3) is 0 Å². The summed E-state index contributed by atoms with van der Waals surface area (Å²) in [5.41, 5.74) is 0.0388. The zero-order chi connectivity index (χ0) is 8.97. The van der Waals surface area contributed by atoms with Gasteiger partial charge in [0, 0.05) is 12.1 Å². The molecule has 0 unspecified atom stereocenters. The molecule has 0 aliphatic carbocycles. The molecule has 0 saturated heterocycles. The molecule has 1 aromatic rings. The minimum absolute atomic E-state index is 0.0388. The van der Waals surface area contributed by atoms with Gasteiger partial charge in [-0.3, -0.25) is 10.1 Å². The van der Waals surface area contributed by atoms with Crippen molar-refractivity contribution in [2.75, 3.05) is 6.07 Å². The van der Waals surface area contributed by atoms with E-state index in [1.807, 2.05) is 0 Å². The summed E-state index contributed by atoms with van der Waals surface area (Å²) < 4.78 is 4.88. The van der Waals surface area contributed by atoms with Gasteiger partial charge in [-0.25, -0.2) is 0 Å². The van der Waals surface area contributed by atoms with Crippen LogP contribution < -0.4 is 4.74 Å². The molecule has 0 aromatic heterocycles. The van der Waals surface area contributed by atoms with Gasteiger partial charge in [-0.1, -0.05) is 11.6 Å². The number of ether oxygens (including phenoxy) is 1. The molecule has 0 fully saturated rings. The number of alkyl halides is 1. The summed E-state index contributed by atoms with van der Waals surface area (Å²) in [5, 5.41) is 10.2. The summed E-state index contributed by atoms with van der Waals surface area (Å²) >= 11 is 5.28. The third-order valence-electron chi connectivity index (χ3n) is 1.27. The van der Waals surface area contributed by atoms with Crippen LogP contribution in [0.15, 0.2) is 24.3 Å². The summed E-state index contributed by atoms with van der Waals surface area (Å²) in [6, 6.07) is 5.77. The average Bonchev–Trinajstić information content (AvgIpc) is 2.06. The largest absolute Gasteiger partial charge is 0.478 e. The normalized spacial score (nSPS) is 9.42. The van der Waals surface area contributed by atoms with Crippen molar-refractivity contribution in [2.24, 2.45) is 0 Å². The minimum Gasteiger partial charge on any atom is -0.478 e. The van der Waals surface area contributed by atoms with Crippen molar-refractivity contribution >= 4 is 17.3 Å². The fourth-order valence-corrected chi connectivity index (χ4v) is 0.853. The molecule has 5 heteroatoms. The Balaban J connectivity index is 2.78. The first-order valence-electron chi connectivity index (χ1n) is 3.17. The fourth-order valence-electron chi connectivity index (χ4n) is 0.727. The van der Waals surface area contributed by atoms with E-state index in [4.69, 9.17) is 16.3 Å². The van der Waals surface area contributed by atoms with Crippen LogP contribution in [0.2, 0.25) is 0 Å². The van der Waals surface area contributed by atoms with Crippen LogP contribution in [0.5, 0.6) is 5.75 Å². The van der Waals surface area contributed by atoms with E-state index in [1.165, 1.54) is 24.3 Å². The zero-order valence-corrected chi connectivity index (χ0v) is 6.82. The Bertz CT molecular complexity index is 272. The molecule has 0 heterocycles. The Morgan fingerprint density at radius 3 is 2.42 bits per heavy atom. The summed E-state index contributed by atoms with van der Waals surface area (Å²) in [6.45, 7) is 0. The van der Waals surface area contributed by atoms with E-state index in [-0.39, 0.29) is 11.8 Å². The summed E-state index contributed by atoms with van der Waals surface area (Å²) in [6.07, 6.45) is 0. The lowest BCUT2D eigenvalue weighted by atomic mass is 10.3. The lowest BCUT2D eigenvalue weighted by Crippen LogP contribution is -1.90.